The Balaban J connectivity index is 1.97. The molecule has 0 bridgehead atoms. The summed E-state index contributed by atoms with van der Waals surface area (Å²) in [6.45, 7) is 2.29. The average molecular weight is 335 g/mol. The molecule has 0 aliphatic rings. The molecule has 3 rings (SSSR count). The van der Waals surface area contributed by atoms with E-state index in [2.05, 4.69) is 9.97 Å². The van der Waals surface area contributed by atoms with Gasteiger partial charge in [-0.3, -0.25) is 4.79 Å². The quantitative estimate of drug-likeness (QED) is 0.697. The Morgan fingerprint density at radius 2 is 2.08 bits per heavy atom. The summed E-state index contributed by atoms with van der Waals surface area (Å²) in [7, 11) is 1.53. The van der Waals surface area contributed by atoms with Crippen molar-refractivity contribution in [3.8, 4) is 17.6 Å². The number of benzene rings is 2. The number of ketones is 1. The molecule has 25 heavy (non-hydrogen) atoms. The summed E-state index contributed by atoms with van der Waals surface area (Å²) in [5.41, 5.74) is 1.88. The number of rotatable bonds is 6. The molecule has 1 atom stereocenters. The fourth-order valence-electron chi connectivity index (χ4n) is 2.62. The number of fused-ring (bicyclic) bond motifs is 1. The van der Waals surface area contributed by atoms with Crippen LogP contribution in [0.3, 0.4) is 0 Å². The minimum atomic E-state index is -1.02. The van der Waals surface area contributed by atoms with Crippen LogP contribution in [0.1, 0.15) is 29.0 Å². The fourth-order valence-corrected chi connectivity index (χ4v) is 2.62. The Kier molecular flexibility index (Phi) is 4.66. The van der Waals surface area contributed by atoms with Crippen molar-refractivity contribution in [3.63, 3.8) is 0 Å². The number of nitriles is 1. The molecular weight excluding hydrogens is 318 g/mol. The van der Waals surface area contributed by atoms with Gasteiger partial charge in [0.2, 0.25) is 0 Å². The van der Waals surface area contributed by atoms with Crippen LogP contribution in [0.15, 0.2) is 42.5 Å². The van der Waals surface area contributed by atoms with Gasteiger partial charge < -0.3 is 14.5 Å². The van der Waals surface area contributed by atoms with E-state index in [1.807, 2.05) is 37.3 Å². The van der Waals surface area contributed by atoms with Crippen LogP contribution in [0, 0.1) is 11.3 Å². The Labute approximate surface area is 145 Å². The lowest BCUT2D eigenvalue weighted by Crippen LogP contribution is -2.13. The van der Waals surface area contributed by atoms with Gasteiger partial charge in [0.15, 0.2) is 23.2 Å². The summed E-state index contributed by atoms with van der Waals surface area (Å²) < 4.78 is 10.7. The zero-order valence-corrected chi connectivity index (χ0v) is 13.9. The van der Waals surface area contributed by atoms with Crippen LogP contribution >= 0.6 is 0 Å². The van der Waals surface area contributed by atoms with E-state index >= 15 is 0 Å². The first-order valence-electron chi connectivity index (χ1n) is 7.87. The topological polar surface area (TPSA) is 88.0 Å². The zero-order chi connectivity index (χ0) is 17.8. The molecule has 1 heterocycles. The van der Waals surface area contributed by atoms with E-state index in [-0.39, 0.29) is 5.78 Å². The van der Waals surface area contributed by atoms with Gasteiger partial charge in [-0.25, -0.2) is 4.98 Å². The number of Topliss-reactive ketones (excluding diaryl/α,β-unsaturated/α-hetero) is 1. The molecule has 2 aromatic carbocycles. The minimum Gasteiger partial charge on any atom is -0.493 e. The van der Waals surface area contributed by atoms with Gasteiger partial charge in [0.25, 0.3) is 0 Å². The van der Waals surface area contributed by atoms with E-state index in [0.29, 0.717) is 29.5 Å². The smallest absolute Gasteiger partial charge is 0.187 e. The number of hydrogen-bond donors (Lipinski definition) is 1. The van der Waals surface area contributed by atoms with Gasteiger partial charge in [0, 0.05) is 5.56 Å². The number of hydrogen-bond acceptors (Lipinski definition) is 5. The summed E-state index contributed by atoms with van der Waals surface area (Å²) in [5.74, 6) is -0.0179. The molecule has 0 spiro atoms. The van der Waals surface area contributed by atoms with Gasteiger partial charge >= 0.3 is 0 Å². The summed E-state index contributed by atoms with van der Waals surface area (Å²) in [5, 5.41) is 9.52. The van der Waals surface area contributed by atoms with E-state index in [0.717, 1.165) is 11.0 Å². The number of nitrogens with zero attached hydrogens (tertiary/aromatic N) is 2. The third kappa shape index (κ3) is 3.17. The molecule has 3 aromatic rings. The highest BCUT2D eigenvalue weighted by Crippen LogP contribution is 2.30. The molecular formula is C19H17N3O3. The van der Waals surface area contributed by atoms with Crippen LogP contribution in [0.25, 0.3) is 11.0 Å². The number of imidazole rings is 1. The number of carbonyl (C=O) groups is 1. The lowest BCUT2D eigenvalue weighted by Gasteiger charge is -2.11. The van der Waals surface area contributed by atoms with Gasteiger partial charge in [-0.1, -0.05) is 12.1 Å². The van der Waals surface area contributed by atoms with Crippen LogP contribution in [0.2, 0.25) is 0 Å². The SMILES string of the molecule is CCOc1cc(C(=O)C(C#N)c2nc3ccccc3[nH]2)ccc1OC. The standard InChI is InChI=1S/C19H17N3O3/c1-3-25-17-10-12(8-9-16(17)24-2)18(23)13(11-20)19-21-14-6-4-5-7-15(14)22-19/h4-10,13H,3H2,1-2H3,(H,21,22). The van der Waals surface area contributed by atoms with Crippen molar-refractivity contribution >= 4 is 16.8 Å². The van der Waals surface area contributed by atoms with E-state index in [1.54, 1.807) is 18.2 Å². The van der Waals surface area contributed by atoms with E-state index < -0.39 is 5.92 Å². The highest BCUT2D eigenvalue weighted by atomic mass is 16.5. The largest absolute Gasteiger partial charge is 0.493 e. The second-order valence-electron chi connectivity index (χ2n) is 5.36. The van der Waals surface area contributed by atoms with Crippen LogP contribution in [-0.2, 0) is 0 Å². The molecule has 0 aliphatic heterocycles. The molecule has 0 radical (unpaired) electrons. The third-order valence-corrected chi connectivity index (χ3v) is 3.82. The van der Waals surface area contributed by atoms with Gasteiger partial charge in [-0.2, -0.15) is 5.26 Å². The molecule has 1 unspecified atom stereocenters. The lowest BCUT2D eigenvalue weighted by atomic mass is 9.98. The first-order valence-corrected chi connectivity index (χ1v) is 7.87. The maximum Gasteiger partial charge on any atom is 0.187 e. The molecule has 6 heteroatoms. The molecule has 0 saturated carbocycles. The highest BCUT2D eigenvalue weighted by molar-refractivity contribution is 6.03. The molecule has 126 valence electrons. The normalized spacial score (nSPS) is 11.7. The van der Waals surface area contributed by atoms with E-state index in [4.69, 9.17) is 9.47 Å². The number of methoxy groups -OCH3 is 1. The predicted octanol–water partition coefficient (Wildman–Crippen LogP) is 3.46. The van der Waals surface area contributed by atoms with E-state index in [1.165, 1.54) is 7.11 Å². The number of nitrogens with one attached hydrogen (secondary N) is 1. The number of H-pyrrole nitrogens is 1. The molecule has 0 amide bonds. The number of aromatic nitrogens is 2. The van der Waals surface area contributed by atoms with Gasteiger partial charge in [0.05, 0.1) is 30.8 Å². The van der Waals surface area contributed by atoms with Gasteiger partial charge in [0.1, 0.15) is 5.82 Å². The molecule has 0 aliphatic carbocycles. The Hall–Kier alpha value is -3.33. The second kappa shape index (κ2) is 7.05. The summed E-state index contributed by atoms with van der Waals surface area (Å²) in [6.07, 6.45) is 0. The van der Waals surface area contributed by atoms with Gasteiger partial charge in [-0.15, -0.1) is 0 Å². The van der Waals surface area contributed by atoms with Crippen LogP contribution in [-0.4, -0.2) is 29.5 Å². The van der Waals surface area contributed by atoms with Crippen molar-refractivity contribution in [2.75, 3.05) is 13.7 Å². The van der Waals surface area contributed by atoms with Crippen LogP contribution in [0.4, 0.5) is 0 Å². The first kappa shape index (κ1) is 16.5. The van der Waals surface area contributed by atoms with Crippen molar-refractivity contribution in [3.05, 3.63) is 53.9 Å². The Morgan fingerprint density at radius 3 is 2.76 bits per heavy atom. The molecule has 0 saturated heterocycles. The van der Waals surface area contributed by atoms with Crippen LogP contribution < -0.4 is 9.47 Å². The number of para-hydroxylation sites is 2. The minimum absolute atomic E-state index is 0.336. The maximum atomic E-state index is 12.8. The predicted molar refractivity (Wildman–Crippen MR) is 92.9 cm³/mol. The van der Waals surface area contributed by atoms with E-state index in [9.17, 15) is 10.1 Å². The highest BCUT2D eigenvalue weighted by Gasteiger charge is 2.26. The number of carbonyl (C=O) groups excluding carboxylic acids is 1. The second-order valence-corrected chi connectivity index (χ2v) is 5.36. The molecule has 6 nitrogen and oxygen atoms in total. The van der Waals surface area contributed by atoms with Crippen molar-refractivity contribution in [2.45, 2.75) is 12.8 Å². The lowest BCUT2D eigenvalue weighted by molar-refractivity contribution is 0.0976. The number of ether oxygens (including phenoxy) is 2. The fraction of sp³-hybridized carbons (Fsp3) is 0.211. The molecule has 1 aromatic heterocycles. The maximum absolute atomic E-state index is 12.8. The summed E-state index contributed by atoms with van der Waals surface area (Å²) in [6, 6.07) is 14.3. The van der Waals surface area contributed by atoms with Crippen molar-refractivity contribution in [2.24, 2.45) is 0 Å². The molecule has 0 fully saturated rings. The number of aromatic amines is 1. The average Bonchev–Trinajstić information content (AvgIpc) is 3.06. The van der Waals surface area contributed by atoms with Crippen molar-refractivity contribution in [1.82, 2.24) is 9.97 Å². The molecule has 1 N–H and O–H groups in total. The Bertz CT molecular complexity index is 923. The van der Waals surface area contributed by atoms with Crippen LogP contribution in [0.5, 0.6) is 11.5 Å². The summed E-state index contributed by atoms with van der Waals surface area (Å²) in [4.78, 5) is 20.2. The third-order valence-electron chi connectivity index (χ3n) is 3.82. The Morgan fingerprint density at radius 1 is 1.28 bits per heavy atom. The first-order chi connectivity index (χ1) is 12.2. The zero-order valence-electron chi connectivity index (χ0n) is 13.9. The van der Waals surface area contributed by atoms with Gasteiger partial charge in [-0.05, 0) is 37.3 Å². The van der Waals surface area contributed by atoms with Crippen molar-refractivity contribution < 1.29 is 14.3 Å². The monoisotopic (exact) mass is 335 g/mol. The summed E-state index contributed by atoms with van der Waals surface area (Å²) >= 11 is 0. The van der Waals surface area contributed by atoms with Crippen molar-refractivity contribution in [1.29, 1.82) is 5.26 Å².